The van der Waals surface area contributed by atoms with Crippen molar-refractivity contribution in [1.82, 2.24) is 29.3 Å². The van der Waals surface area contributed by atoms with Gasteiger partial charge in [0.05, 0.1) is 22.0 Å². The van der Waals surface area contributed by atoms with Gasteiger partial charge in [-0.15, -0.1) is 11.3 Å². The number of benzene rings is 1. The van der Waals surface area contributed by atoms with Gasteiger partial charge in [-0.2, -0.15) is 18.3 Å². The number of anilines is 1. The van der Waals surface area contributed by atoms with E-state index in [9.17, 15) is 18.0 Å². The predicted octanol–water partition coefficient (Wildman–Crippen LogP) is 4.31. The normalized spacial score (nSPS) is 11.7. The van der Waals surface area contributed by atoms with Crippen molar-refractivity contribution in [3.05, 3.63) is 69.0 Å². The Morgan fingerprint density at radius 2 is 1.94 bits per heavy atom. The molecule has 0 amide bonds. The average Bonchev–Trinajstić information content (AvgIpc) is 3.38. The summed E-state index contributed by atoms with van der Waals surface area (Å²) < 4.78 is 44.2. The maximum atomic E-state index is 13.9. The SMILES string of the molecule is CCC#Cc1nn(Cc2nc3scc(C)c3c(=O)n2-c2ccccc2C(F)(F)F)c2ncnc(N)c12. The van der Waals surface area contributed by atoms with Crippen LogP contribution in [0.15, 0.2) is 40.8 Å². The molecule has 5 aromatic rings. The lowest BCUT2D eigenvalue weighted by Gasteiger charge is -2.18. The Morgan fingerprint density at radius 3 is 2.69 bits per heavy atom. The lowest BCUT2D eigenvalue weighted by molar-refractivity contribution is -0.137. The number of halogens is 3. The van der Waals surface area contributed by atoms with Gasteiger partial charge >= 0.3 is 6.18 Å². The highest BCUT2D eigenvalue weighted by Crippen LogP contribution is 2.34. The zero-order chi connectivity index (χ0) is 25.6. The van der Waals surface area contributed by atoms with E-state index in [-0.39, 0.29) is 29.3 Å². The van der Waals surface area contributed by atoms with Gasteiger partial charge in [0.25, 0.3) is 5.56 Å². The molecule has 8 nitrogen and oxygen atoms in total. The first-order valence-corrected chi connectivity index (χ1v) is 11.7. The molecule has 0 fully saturated rings. The minimum absolute atomic E-state index is 0.0580. The van der Waals surface area contributed by atoms with Crippen LogP contribution in [0.3, 0.4) is 0 Å². The number of para-hydroxylation sites is 1. The van der Waals surface area contributed by atoms with E-state index in [1.165, 1.54) is 40.5 Å². The number of nitrogens with two attached hydrogens (primary N) is 1. The highest BCUT2D eigenvalue weighted by molar-refractivity contribution is 7.16. The lowest BCUT2D eigenvalue weighted by atomic mass is 10.1. The summed E-state index contributed by atoms with van der Waals surface area (Å²) in [6.45, 7) is 3.45. The zero-order valence-corrected chi connectivity index (χ0v) is 19.9. The number of fused-ring (bicyclic) bond motifs is 2. The number of thiophene rings is 1. The van der Waals surface area contributed by atoms with Gasteiger partial charge in [-0.25, -0.2) is 19.6 Å². The summed E-state index contributed by atoms with van der Waals surface area (Å²) in [5.41, 5.74) is 5.50. The molecule has 0 aliphatic rings. The van der Waals surface area contributed by atoms with Crippen molar-refractivity contribution < 1.29 is 13.2 Å². The molecule has 5 rings (SSSR count). The zero-order valence-electron chi connectivity index (χ0n) is 19.1. The third-order valence-corrected chi connectivity index (χ3v) is 6.53. The highest BCUT2D eigenvalue weighted by Gasteiger charge is 2.35. The van der Waals surface area contributed by atoms with E-state index in [1.54, 1.807) is 12.3 Å². The molecule has 0 saturated carbocycles. The molecule has 0 radical (unpaired) electrons. The van der Waals surface area contributed by atoms with Gasteiger partial charge < -0.3 is 5.73 Å². The minimum atomic E-state index is -4.69. The van der Waals surface area contributed by atoms with Crippen LogP contribution in [0, 0.1) is 18.8 Å². The van der Waals surface area contributed by atoms with E-state index in [4.69, 9.17) is 5.73 Å². The highest BCUT2D eigenvalue weighted by atomic mass is 32.1. The number of rotatable bonds is 3. The first kappa shape index (κ1) is 23.5. The number of nitrogen functional groups attached to an aromatic ring is 1. The summed E-state index contributed by atoms with van der Waals surface area (Å²) in [5.74, 6) is 6.08. The number of nitrogens with zero attached hydrogens (tertiary/aromatic N) is 6. The monoisotopic (exact) mass is 509 g/mol. The molecular formula is C24H18F3N7OS. The molecule has 0 bridgehead atoms. The molecule has 36 heavy (non-hydrogen) atoms. The Kier molecular flexibility index (Phi) is 5.72. The van der Waals surface area contributed by atoms with Gasteiger partial charge in [0.2, 0.25) is 0 Å². The van der Waals surface area contributed by atoms with Gasteiger partial charge in [-0.3, -0.25) is 9.36 Å². The van der Waals surface area contributed by atoms with Crippen LogP contribution >= 0.6 is 11.3 Å². The topological polar surface area (TPSA) is 105 Å². The fourth-order valence-corrected chi connectivity index (χ4v) is 4.90. The maximum absolute atomic E-state index is 13.9. The maximum Gasteiger partial charge on any atom is 0.418 e. The Hall–Kier alpha value is -4.24. The van der Waals surface area contributed by atoms with Crippen LogP contribution in [0.2, 0.25) is 0 Å². The quantitative estimate of drug-likeness (QED) is 0.364. The molecule has 0 saturated heterocycles. The molecule has 12 heteroatoms. The number of aryl methyl sites for hydroxylation is 1. The second-order valence-corrected chi connectivity index (χ2v) is 8.76. The lowest BCUT2D eigenvalue weighted by Crippen LogP contribution is -2.27. The van der Waals surface area contributed by atoms with Crippen LogP contribution in [-0.2, 0) is 12.7 Å². The number of hydrogen-bond donors (Lipinski definition) is 1. The summed E-state index contributed by atoms with van der Waals surface area (Å²) in [6, 6.07) is 4.91. The molecular weight excluding hydrogens is 491 g/mol. The molecule has 182 valence electrons. The fourth-order valence-electron chi connectivity index (χ4n) is 3.97. The first-order valence-electron chi connectivity index (χ1n) is 10.8. The summed E-state index contributed by atoms with van der Waals surface area (Å²) in [4.78, 5) is 26.9. The predicted molar refractivity (Wildman–Crippen MR) is 131 cm³/mol. The summed E-state index contributed by atoms with van der Waals surface area (Å²) >= 11 is 1.24. The molecule has 2 N–H and O–H groups in total. The van der Waals surface area contributed by atoms with E-state index < -0.39 is 17.3 Å². The van der Waals surface area contributed by atoms with E-state index in [0.29, 0.717) is 33.5 Å². The third-order valence-electron chi connectivity index (χ3n) is 5.54. The van der Waals surface area contributed by atoms with Crippen molar-refractivity contribution in [3.8, 4) is 17.5 Å². The Morgan fingerprint density at radius 1 is 1.17 bits per heavy atom. The molecule has 4 aromatic heterocycles. The second kappa shape index (κ2) is 8.76. The third kappa shape index (κ3) is 3.87. The number of aromatic nitrogens is 6. The van der Waals surface area contributed by atoms with E-state index in [0.717, 1.165) is 10.6 Å². The molecule has 0 atom stereocenters. The fraction of sp³-hybridized carbons (Fsp3) is 0.208. The number of alkyl halides is 3. The van der Waals surface area contributed by atoms with Crippen molar-refractivity contribution in [1.29, 1.82) is 0 Å². The second-order valence-electron chi connectivity index (χ2n) is 7.90. The molecule has 0 spiro atoms. The van der Waals surface area contributed by atoms with Crippen LogP contribution < -0.4 is 11.3 Å². The van der Waals surface area contributed by atoms with Crippen LogP contribution in [0.5, 0.6) is 0 Å². The Bertz CT molecular complexity index is 1760. The Balaban J connectivity index is 1.80. The standard InChI is InChI=1S/C24H18F3N7OS/c1-3-4-8-15-19-20(28)29-12-30-21(19)33(32-15)10-17-31-22-18(13(2)11-36-22)23(35)34(17)16-9-6-5-7-14(16)24(25,26)27/h5-7,9,11-12H,3,10H2,1-2H3,(H2,28,29,30). The van der Waals surface area contributed by atoms with Gasteiger partial charge in [0, 0.05) is 6.42 Å². The van der Waals surface area contributed by atoms with Crippen molar-refractivity contribution in [3.63, 3.8) is 0 Å². The van der Waals surface area contributed by atoms with E-state index in [1.807, 2.05) is 6.92 Å². The summed E-state index contributed by atoms with van der Waals surface area (Å²) in [6.07, 6.45) is -2.85. The Labute approximate surface area is 206 Å². The van der Waals surface area contributed by atoms with Crippen LogP contribution in [-0.4, -0.2) is 29.3 Å². The van der Waals surface area contributed by atoms with Crippen molar-refractivity contribution in [2.24, 2.45) is 0 Å². The molecule has 0 unspecified atom stereocenters. The van der Waals surface area contributed by atoms with Crippen molar-refractivity contribution in [2.75, 3.05) is 5.73 Å². The largest absolute Gasteiger partial charge is 0.418 e. The molecule has 1 aromatic carbocycles. The molecule has 0 aliphatic heterocycles. The van der Waals surface area contributed by atoms with Gasteiger partial charge in [-0.05, 0) is 35.9 Å². The van der Waals surface area contributed by atoms with Crippen LogP contribution in [0.4, 0.5) is 19.0 Å². The average molecular weight is 510 g/mol. The van der Waals surface area contributed by atoms with Crippen LogP contribution in [0.25, 0.3) is 26.9 Å². The van der Waals surface area contributed by atoms with E-state index in [2.05, 4.69) is 31.9 Å². The summed E-state index contributed by atoms with van der Waals surface area (Å²) in [7, 11) is 0. The van der Waals surface area contributed by atoms with Crippen molar-refractivity contribution >= 4 is 38.4 Å². The van der Waals surface area contributed by atoms with Gasteiger partial charge in [0.15, 0.2) is 5.65 Å². The molecule has 4 heterocycles. The van der Waals surface area contributed by atoms with E-state index >= 15 is 0 Å². The first-order chi connectivity index (χ1) is 17.2. The van der Waals surface area contributed by atoms with Crippen LogP contribution in [0.1, 0.15) is 36.0 Å². The smallest absolute Gasteiger partial charge is 0.383 e. The van der Waals surface area contributed by atoms with Gasteiger partial charge in [0.1, 0.15) is 35.0 Å². The van der Waals surface area contributed by atoms with Gasteiger partial charge in [-0.1, -0.05) is 25.0 Å². The van der Waals surface area contributed by atoms with Crippen molar-refractivity contribution in [2.45, 2.75) is 33.0 Å². The number of hydrogen-bond acceptors (Lipinski definition) is 7. The summed E-state index contributed by atoms with van der Waals surface area (Å²) in [5, 5.41) is 6.94. The molecule has 0 aliphatic carbocycles. The minimum Gasteiger partial charge on any atom is -0.383 e.